The summed E-state index contributed by atoms with van der Waals surface area (Å²) >= 11 is 0. The van der Waals surface area contributed by atoms with Crippen molar-refractivity contribution in [3.63, 3.8) is 0 Å². The molecule has 0 aliphatic carbocycles. The zero-order valence-electron chi connectivity index (χ0n) is 14.6. The number of hydrogen-bond donors (Lipinski definition) is 1. The molecule has 0 saturated carbocycles. The van der Waals surface area contributed by atoms with Gasteiger partial charge in [-0.2, -0.15) is 5.10 Å². The van der Waals surface area contributed by atoms with E-state index in [1.165, 1.54) is 6.21 Å². The fourth-order valence-electron chi connectivity index (χ4n) is 2.82. The van der Waals surface area contributed by atoms with Gasteiger partial charge in [-0.25, -0.2) is 5.43 Å². The number of amides is 1. The summed E-state index contributed by atoms with van der Waals surface area (Å²) < 4.78 is 5.66. The zero-order chi connectivity index (χ0) is 17.8. The number of furan rings is 1. The van der Waals surface area contributed by atoms with E-state index < -0.39 is 0 Å². The first kappa shape index (κ1) is 19.0. The Hall–Kier alpha value is -2.74. The SMILES string of the molecule is O=C(N/N=C/C=C/c1ccccc1)c1cc2c(ccc3ccccc32)o1.[Cd+2]. The molecule has 0 fully saturated rings. The largest absolute Gasteiger partial charge is 2.00 e. The van der Waals surface area contributed by atoms with Gasteiger partial charge in [-0.15, -0.1) is 0 Å². The number of fused-ring (bicyclic) bond motifs is 3. The average molecular weight is 453 g/mol. The first-order valence-corrected chi connectivity index (χ1v) is 8.28. The van der Waals surface area contributed by atoms with Gasteiger partial charge >= 0.3 is 33.2 Å². The Morgan fingerprint density at radius 3 is 2.56 bits per heavy atom. The molecule has 1 amide bonds. The summed E-state index contributed by atoms with van der Waals surface area (Å²) in [7, 11) is 0. The van der Waals surface area contributed by atoms with E-state index in [0.717, 1.165) is 21.7 Å². The number of benzene rings is 3. The number of allylic oxidation sites excluding steroid dienone is 1. The van der Waals surface area contributed by atoms with Gasteiger partial charge in [-0.05, 0) is 34.5 Å². The van der Waals surface area contributed by atoms with E-state index in [2.05, 4.69) is 10.5 Å². The second-order valence-corrected chi connectivity index (χ2v) is 5.80. The Morgan fingerprint density at radius 2 is 1.70 bits per heavy atom. The van der Waals surface area contributed by atoms with E-state index in [1.54, 1.807) is 12.1 Å². The van der Waals surface area contributed by atoms with Crippen LogP contribution in [0.25, 0.3) is 27.8 Å². The van der Waals surface area contributed by atoms with E-state index in [-0.39, 0.29) is 39.0 Å². The number of nitrogens with zero attached hydrogens (tertiary/aromatic N) is 1. The van der Waals surface area contributed by atoms with Gasteiger partial charge in [-0.3, -0.25) is 4.79 Å². The third-order valence-corrected chi connectivity index (χ3v) is 4.06. The molecule has 1 aromatic heterocycles. The van der Waals surface area contributed by atoms with Crippen molar-refractivity contribution in [2.45, 2.75) is 0 Å². The molecule has 0 unspecified atom stereocenters. The average Bonchev–Trinajstić information content (AvgIpc) is 3.13. The molecule has 0 radical (unpaired) electrons. The molecule has 126 valence electrons. The summed E-state index contributed by atoms with van der Waals surface area (Å²) in [5, 5.41) is 7.01. The number of carbonyl (C=O) groups excluding carboxylic acids is 1. The Kier molecular flexibility index (Phi) is 6.18. The molecule has 0 bridgehead atoms. The first-order valence-electron chi connectivity index (χ1n) is 8.28. The van der Waals surface area contributed by atoms with Gasteiger partial charge in [0, 0.05) is 11.6 Å². The Balaban J connectivity index is 0.00000210. The van der Waals surface area contributed by atoms with Gasteiger partial charge in [-0.1, -0.05) is 66.7 Å². The standard InChI is InChI=1S/C22H16N2O2.Cd/c25-22(24-23-14-6-9-16-7-2-1-3-8-16)21-15-19-18-11-5-4-10-17(18)12-13-20(19)26-21;/h1-15H,(H,24,25);/q;+2/b9-6+,23-14+;. The maximum absolute atomic E-state index is 12.2. The third-order valence-electron chi connectivity index (χ3n) is 4.06. The summed E-state index contributed by atoms with van der Waals surface area (Å²) in [5.41, 5.74) is 4.23. The summed E-state index contributed by atoms with van der Waals surface area (Å²) in [6.45, 7) is 0. The summed E-state index contributed by atoms with van der Waals surface area (Å²) in [6.07, 6.45) is 5.20. The number of hydrogen-bond acceptors (Lipinski definition) is 3. The normalized spacial score (nSPS) is 11.3. The minimum Gasteiger partial charge on any atom is -0.451 e. The topological polar surface area (TPSA) is 54.6 Å². The molecule has 3 aromatic carbocycles. The smallest absolute Gasteiger partial charge is 0.451 e. The molecule has 4 rings (SSSR count). The Morgan fingerprint density at radius 1 is 0.926 bits per heavy atom. The molecular formula is C22H16CdN2O2+2. The van der Waals surface area contributed by atoms with Crippen LogP contribution in [0, 0.1) is 0 Å². The fourth-order valence-corrected chi connectivity index (χ4v) is 2.82. The summed E-state index contributed by atoms with van der Waals surface area (Å²) in [4.78, 5) is 12.2. The number of rotatable bonds is 4. The molecule has 1 heterocycles. The molecule has 0 saturated heterocycles. The molecular weight excluding hydrogens is 437 g/mol. The molecule has 5 heteroatoms. The van der Waals surface area contributed by atoms with Gasteiger partial charge in [0.05, 0.1) is 0 Å². The van der Waals surface area contributed by atoms with E-state index in [0.29, 0.717) is 5.58 Å². The molecule has 4 aromatic rings. The van der Waals surface area contributed by atoms with E-state index in [4.69, 9.17) is 4.42 Å². The first-order chi connectivity index (χ1) is 12.8. The maximum atomic E-state index is 12.2. The molecule has 27 heavy (non-hydrogen) atoms. The molecule has 1 N–H and O–H groups in total. The number of nitrogens with one attached hydrogen (secondary N) is 1. The second-order valence-electron chi connectivity index (χ2n) is 5.80. The number of hydrazone groups is 1. The van der Waals surface area contributed by atoms with Crippen molar-refractivity contribution in [2.24, 2.45) is 5.10 Å². The predicted octanol–water partition coefficient (Wildman–Crippen LogP) is 5.01. The van der Waals surface area contributed by atoms with Crippen molar-refractivity contribution in [1.29, 1.82) is 0 Å². The van der Waals surface area contributed by atoms with E-state index in [9.17, 15) is 4.79 Å². The summed E-state index contributed by atoms with van der Waals surface area (Å²) in [5.74, 6) is -0.143. The Labute approximate surface area is 176 Å². The van der Waals surface area contributed by atoms with Gasteiger partial charge in [0.2, 0.25) is 0 Å². The van der Waals surface area contributed by atoms with Crippen LogP contribution in [0.4, 0.5) is 0 Å². The molecule has 4 nitrogen and oxygen atoms in total. The van der Waals surface area contributed by atoms with Crippen LogP contribution in [0.3, 0.4) is 0 Å². The van der Waals surface area contributed by atoms with Crippen molar-refractivity contribution in [3.8, 4) is 0 Å². The van der Waals surface area contributed by atoms with Crippen molar-refractivity contribution in [2.75, 3.05) is 0 Å². The zero-order valence-corrected chi connectivity index (χ0v) is 18.7. The third kappa shape index (κ3) is 4.33. The van der Waals surface area contributed by atoms with Crippen molar-refractivity contribution >= 4 is 39.9 Å². The van der Waals surface area contributed by atoms with Crippen LogP contribution >= 0.6 is 0 Å². The molecule has 0 aliphatic heterocycles. The summed E-state index contributed by atoms with van der Waals surface area (Å²) in [6, 6.07) is 23.5. The second kappa shape index (κ2) is 8.77. The van der Waals surface area contributed by atoms with Crippen molar-refractivity contribution in [1.82, 2.24) is 5.43 Å². The van der Waals surface area contributed by atoms with Crippen LogP contribution in [0.2, 0.25) is 0 Å². The van der Waals surface area contributed by atoms with Crippen LogP contribution in [-0.4, -0.2) is 12.1 Å². The Bertz CT molecular complexity index is 1130. The van der Waals surface area contributed by atoms with Crippen LogP contribution in [0.1, 0.15) is 16.1 Å². The fraction of sp³-hybridized carbons (Fsp3) is 0. The quantitative estimate of drug-likeness (QED) is 0.269. The monoisotopic (exact) mass is 454 g/mol. The van der Waals surface area contributed by atoms with Gasteiger partial charge < -0.3 is 4.42 Å². The van der Waals surface area contributed by atoms with E-state index >= 15 is 0 Å². The van der Waals surface area contributed by atoms with Crippen LogP contribution in [-0.2, 0) is 27.3 Å². The predicted molar refractivity (Wildman–Crippen MR) is 105 cm³/mol. The molecule has 0 spiro atoms. The van der Waals surface area contributed by atoms with Crippen LogP contribution < -0.4 is 5.43 Å². The van der Waals surface area contributed by atoms with Gasteiger partial charge in [0.15, 0.2) is 5.76 Å². The van der Waals surface area contributed by atoms with Crippen LogP contribution in [0.15, 0.2) is 88.4 Å². The molecule has 0 aliphatic rings. The number of carbonyl (C=O) groups is 1. The van der Waals surface area contributed by atoms with Gasteiger partial charge in [0.25, 0.3) is 0 Å². The maximum Gasteiger partial charge on any atom is 2.00 e. The van der Waals surface area contributed by atoms with Crippen LogP contribution in [0.5, 0.6) is 0 Å². The minimum atomic E-state index is -0.380. The van der Waals surface area contributed by atoms with E-state index in [1.807, 2.05) is 72.8 Å². The minimum absolute atomic E-state index is 0. The molecule has 0 atom stereocenters. The van der Waals surface area contributed by atoms with Crippen molar-refractivity contribution in [3.05, 3.63) is 90.2 Å². The van der Waals surface area contributed by atoms with Crippen molar-refractivity contribution < 1.29 is 36.5 Å². The van der Waals surface area contributed by atoms with Gasteiger partial charge in [0.1, 0.15) is 5.58 Å².